The summed E-state index contributed by atoms with van der Waals surface area (Å²) in [6.07, 6.45) is -0.992. The number of hydrogen-bond acceptors (Lipinski definition) is 3. The largest absolute Gasteiger partial charge is 0.461 e. The fourth-order valence-corrected chi connectivity index (χ4v) is 1.96. The van der Waals surface area contributed by atoms with E-state index >= 15 is 0 Å². The van der Waals surface area contributed by atoms with Gasteiger partial charge in [0.2, 0.25) is 0 Å². The highest BCUT2D eigenvalue weighted by molar-refractivity contribution is 6.33. The Labute approximate surface area is 112 Å². The SMILES string of the molecule is CCOC(=O)c1nc2ccn(CC(F)F)c2cc1Cl. The maximum Gasteiger partial charge on any atom is 0.358 e. The summed E-state index contributed by atoms with van der Waals surface area (Å²) in [5.41, 5.74) is 0.872. The molecule has 0 unspecified atom stereocenters. The number of nitrogens with zero attached hydrogens (tertiary/aromatic N) is 2. The molecule has 19 heavy (non-hydrogen) atoms. The lowest BCUT2D eigenvalue weighted by molar-refractivity contribution is 0.0520. The van der Waals surface area contributed by atoms with Gasteiger partial charge in [0.25, 0.3) is 6.43 Å². The first-order chi connectivity index (χ1) is 9.02. The minimum Gasteiger partial charge on any atom is -0.461 e. The normalized spacial score (nSPS) is 11.2. The molecule has 0 amide bonds. The molecule has 0 saturated carbocycles. The molecule has 0 aliphatic heterocycles. The number of ether oxygens (including phenoxy) is 1. The van der Waals surface area contributed by atoms with Crippen molar-refractivity contribution >= 4 is 28.6 Å². The van der Waals surface area contributed by atoms with E-state index in [0.717, 1.165) is 0 Å². The van der Waals surface area contributed by atoms with Crippen LogP contribution in [0.4, 0.5) is 8.78 Å². The van der Waals surface area contributed by atoms with Gasteiger partial charge in [-0.15, -0.1) is 0 Å². The van der Waals surface area contributed by atoms with Crippen molar-refractivity contribution in [1.29, 1.82) is 0 Å². The van der Waals surface area contributed by atoms with Crippen LogP contribution in [0.5, 0.6) is 0 Å². The zero-order valence-corrected chi connectivity index (χ0v) is 10.8. The van der Waals surface area contributed by atoms with Crippen molar-refractivity contribution in [2.75, 3.05) is 6.61 Å². The molecule has 0 saturated heterocycles. The number of carbonyl (C=O) groups excluding carboxylic acids is 1. The second-order valence-electron chi connectivity index (χ2n) is 3.80. The quantitative estimate of drug-likeness (QED) is 0.812. The molecule has 0 bridgehead atoms. The summed E-state index contributed by atoms with van der Waals surface area (Å²) in [5, 5.41) is 0.0835. The number of esters is 1. The van der Waals surface area contributed by atoms with Gasteiger partial charge in [0.1, 0.15) is 0 Å². The Hall–Kier alpha value is -1.69. The van der Waals surface area contributed by atoms with Crippen molar-refractivity contribution in [3.8, 4) is 0 Å². The fraction of sp³-hybridized carbons (Fsp3) is 0.333. The van der Waals surface area contributed by atoms with E-state index in [2.05, 4.69) is 4.98 Å². The molecule has 2 rings (SSSR count). The van der Waals surface area contributed by atoms with Crippen LogP contribution in [-0.4, -0.2) is 28.6 Å². The van der Waals surface area contributed by atoms with Gasteiger partial charge in [0, 0.05) is 6.20 Å². The Morgan fingerprint density at radius 3 is 2.95 bits per heavy atom. The number of fused-ring (bicyclic) bond motifs is 1. The number of hydrogen-bond donors (Lipinski definition) is 0. The second kappa shape index (κ2) is 5.52. The Balaban J connectivity index is 2.45. The summed E-state index contributed by atoms with van der Waals surface area (Å²) in [6, 6.07) is 3.00. The van der Waals surface area contributed by atoms with Gasteiger partial charge in [-0.1, -0.05) is 11.6 Å². The molecule has 2 heterocycles. The fourth-order valence-electron chi connectivity index (χ4n) is 1.74. The molecule has 0 aromatic carbocycles. The summed E-state index contributed by atoms with van der Waals surface area (Å²) in [4.78, 5) is 15.6. The van der Waals surface area contributed by atoms with E-state index in [0.29, 0.717) is 11.0 Å². The van der Waals surface area contributed by atoms with Crippen LogP contribution in [0.15, 0.2) is 18.3 Å². The zero-order valence-electron chi connectivity index (χ0n) is 10.1. The highest BCUT2D eigenvalue weighted by atomic mass is 35.5. The number of pyridine rings is 1. The predicted molar refractivity (Wildman–Crippen MR) is 66.7 cm³/mol. The molecule has 0 aliphatic carbocycles. The standard InChI is InChI=1S/C12H11ClF2N2O2/c1-2-19-12(18)11-7(13)5-9-8(16-11)3-4-17(9)6-10(14)15/h3-5,10H,2,6H2,1H3. The number of alkyl halides is 2. The van der Waals surface area contributed by atoms with Gasteiger partial charge in [0.15, 0.2) is 5.69 Å². The van der Waals surface area contributed by atoms with Crippen LogP contribution in [0.2, 0.25) is 5.02 Å². The third-order valence-electron chi connectivity index (χ3n) is 2.51. The van der Waals surface area contributed by atoms with Gasteiger partial charge in [-0.05, 0) is 19.1 Å². The van der Waals surface area contributed by atoms with Crippen molar-refractivity contribution in [1.82, 2.24) is 9.55 Å². The lowest BCUT2D eigenvalue weighted by atomic mass is 10.3. The molecule has 7 heteroatoms. The number of aromatic nitrogens is 2. The maximum atomic E-state index is 12.4. The monoisotopic (exact) mass is 288 g/mol. The van der Waals surface area contributed by atoms with Crippen molar-refractivity contribution in [2.24, 2.45) is 0 Å². The zero-order chi connectivity index (χ0) is 14.0. The number of halogens is 3. The third kappa shape index (κ3) is 2.84. The lowest BCUT2D eigenvalue weighted by Crippen LogP contribution is -2.09. The van der Waals surface area contributed by atoms with Gasteiger partial charge in [-0.25, -0.2) is 18.6 Å². The molecule has 0 N–H and O–H groups in total. The topological polar surface area (TPSA) is 44.1 Å². The molecule has 0 fully saturated rings. The van der Waals surface area contributed by atoms with Crippen molar-refractivity contribution in [3.63, 3.8) is 0 Å². The van der Waals surface area contributed by atoms with E-state index in [1.54, 1.807) is 13.0 Å². The Morgan fingerprint density at radius 2 is 2.32 bits per heavy atom. The Morgan fingerprint density at radius 1 is 1.58 bits per heavy atom. The molecular weight excluding hydrogens is 278 g/mol. The van der Waals surface area contributed by atoms with Crippen molar-refractivity contribution in [3.05, 3.63) is 29.0 Å². The van der Waals surface area contributed by atoms with Gasteiger partial charge in [-0.3, -0.25) is 0 Å². The average Bonchev–Trinajstić information content (AvgIpc) is 2.70. The smallest absolute Gasteiger partial charge is 0.358 e. The van der Waals surface area contributed by atoms with Crippen LogP contribution in [0, 0.1) is 0 Å². The van der Waals surface area contributed by atoms with Crippen LogP contribution in [0.1, 0.15) is 17.4 Å². The molecule has 2 aromatic heterocycles. The molecule has 0 atom stereocenters. The van der Waals surface area contributed by atoms with Gasteiger partial charge in [0.05, 0.1) is 29.2 Å². The molecule has 2 aromatic rings. The van der Waals surface area contributed by atoms with E-state index in [1.165, 1.54) is 16.8 Å². The van der Waals surface area contributed by atoms with Crippen LogP contribution >= 0.6 is 11.6 Å². The van der Waals surface area contributed by atoms with Crippen LogP contribution in [-0.2, 0) is 11.3 Å². The minimum absolute atomic E-state index is 0.00851. The summed E-state index contributed by atoms with van der Waals surface area (Å²) in [6.45, 7) is 1.44. The summed E-state index contributed by atoms with van der Waals surface area (Å²) in [7, 11) is 0. The first kappa shape index (κ1) is 13.7. The van der Waals surface area contributed by atoms with E-state index in [4.69, 9.17) is 16.3 Å². The molecule has 0 radical (unpaired) electrons. The summed E-state index contributed by atoms with van der Waals surface area (Å²) in [5.74, 6) is -0.629. The molecular formula is C12H11ClF2N2O2. The van der Waals surface area contributed by atoms with Gasteiger partial charge >= 0.3 is 5.97 Å². The highest BCUT2D eigenvalue weighted by Crippen LogP contribution is 2.23. The van der Waals surface area contributed by atoms with Crippen LogP contribution < -0.4 is 0 Å². The minimum atomic E-state index is -2.47. The van der Waals surface area contributed by atoms with E-state index in [9.17, 15) is 13.6 Å². The molecule has 4 nitrogen and oxygen atoms in total. The van der Waals surface area contributed by atoms with Gasteiger partial charge in [-0.2, -0.15) is 0 Å². The second-order valence-corrected chi connectivity index (χ2v) is 4.21. The van der Waals surface area contributed by atoms with Crippen LogP contribution in [0.3, 0.4) is 0 Å². The Kier molecular flexibility index (Phi) is 3.99. The molecule has 0 spiro atoms. The summed E-state index contributed by atoms with van der Waals surface area (Å²) >= 11 is 5.94. The predicted octanol–water partition coefficient (Wildman–Crippen LogP) is 3.13. The van der Waals surface area contributed by atoms with Gasteiger partial charge < -0.3 is 9.30 Å². The van der Waals surface area contributed by atoms with E-state index in [1.807, 2.05) is 0 Å². The van der Waals surface area contributed by atoms with Crippen molar-refractivity contribution in [2.45, 2.75) is 19.9 Å². The average molecular weight is 289 g/mol. The lowest BCUT2D eigenvalue weighted by Gasteiger charge is -2.06. The maximum absolute atomic E-state index is 12.4. The highest BCUT2D eigenvalue weighted by Gasteiger charge is 2.17. The summed E-state index contributed by atoms with van der Waals surface area (Å²) < 4.78 is 30.9. The molecule has 0 aliphatic rings. The Bertz CT molecular complexity index is 613. The van der Waals surface area contributed by atoms with E-state index < -0.39 is 18.9 Å². The first-order valence-corrected chi connectivity index (χ1v) is 6.01. The van der Waals surface area contributed by atoms with Crippen LogP contribution in [0.25, 0.3) is 11.0 Å². The molecule has 102 valence electrons. The number of carbonyl (C=O) groups is 1. The van der Waals surface area contributed by atoms with E-state index in [-0.39, 0.29) is 17.3 Å². The third-order valence-corrected chi connectivity index (χ3v) is 2.80. The first-order valence-electron chi connectivity index (χ1n) is 5.63. The number of rotatable bonds is 4. The van der Waals surface area contributed by atoms with Crippen molar-refractivity contribution < 1.29 is 18.3 Å².